The van der Waals surface area contributed by atoms with Crippen molar-refractivity contribution in [1.29, 1.82) is 0 Å². The summed E-state index contributed by atoms with van der Waals surface area (Å²) in [5.41, 5.74) is 1.13. The van der Waals surface area contributed by atoms with Crippen molar-refractivity contribution in [2.24, 2.45) is 11.8 Å². The van der Waals surface area contributed by atoms with Gasteiger partial charge in [0.15, 0.2) is 18.3 Å². The lowest BCUT2D eigenvalue weighted by Crippen LogP contribution is -2.63. The number of carbonyl (C=O) groups excluding carboxylic acids is 6. The largest absolute Gasteiger partial charge is 0.471 e. The van der Waals surface area contributed by atoms with Crippen molar-refractivity contribution < 1.29 is 81.2 Å². The molecule has 0 aliphatic carbocycles. The standard InChI is InChI=1S/C39H50O17/c1-8-30-31(17-29-16-26(45)15-28(54-29)14-11-25-9-12-27(13-10-25)50-21(3)41)32(37(46)47-7)18-49-38(30)56-39-36(53-24(6)44)35(52-23(5)43)34(51-22(4)42)33(55-39)19-48-20(2)40/h8-10,12-13,18,26,28-31,33-36,38-39,45H,1,11,14-17,19H2,2-7H3/t26-,28+,29+,30-,31+,33-,34-,35+,36-,38+,39+/m1/s1. The van der Waals surface area contributed by atoms with Gasteiger partial charge in [0.25, 0.3) is 0 Å². The van der Waals surface area contributed by atoms with E-state index >= 15 is 0 Å². The molecule has 0 aromatic heterocycles. The second-order valence-corrected chi connectivity index (χ2v) is 13.7. The number of benzene rings is 1. The molecule has 0 spiro atoms. The quantitative estimate of drug-likeness (QED) is 0.117. The van der Waals surface area contributed by atoms with Crippen LogP contribution < -0.4 is 4.74 Å². The number of rotatable bonds is 15. The Bertz CT molecular complexity index is 1600. The van der Waals surface area contributed by atoms with Crippen molar-refractivity contribution in [2.45, 2.75) is 122 Å². The molecule has 0 bridgehead atoms. The van der Waals surface area contributed by atoms with Crippen molar-refractivity contribution >= 4 is 35.8 Å². The molecule has 1 aromatic rings. The van der Waals surface area contributed by atoms with Crippen LogP contribution in [0, 0.1) is 11.8 Å². The van der Waals surface area contributed by atoms with E-state index in [1.165, 1.54) is 26.4 Å². The fraction of sp³-hybridized carbons (Fsp3) is 0.590. The first kappa shape index (κ1) is 43.9. The number of aliphatic hydroxyl groups excluding tert-OH is 1. The van der Waals surface area contributed by atoms with Gasteiger partial charge in [-0.25, -0.2) is 4.79 Å². The summed E-state index contributed by atoms with van der Waals surface area (Å²) in [6, 6.07) is 7.12. The smallest absolute Gasteiger partial charge is 0.337 e. The highest BCUT2D eigenvalue weighted by Gasteiger charge is 2.54. The number of hydrogen-bond donors (Lipinski definition) is 1. The van der Waals surface area contributed by atoms with Crippen LogP contribution >= 0.6 is 0 Å². The Kier molecular flexibility index (Phi) is 16.0. The van der Waals surface area contributed by atoms with Gasteiger partial charge in [0.1, 0.15) is 18.5 Å². The van der Waals surface area contributed by atoms with Crippen molar-refractivity contribution in [3.63, 3.8) is 0 Å². The van der Waals surface area contributed by atoms with Crippen LogP contribution in [0.1, 0.15) is 65.9 Å². The maximum absolute atomic E-state index is 13.1. The molecule has 0 unspecified atom stereocenters. The highest BCUT2D eigenvalue weighted by atomic mass is 16.8. The molecule has 0 amide bonds. The fourth-order valence-corrected chi connectivity index (χ4v) is 7.07. The molecule has 17 heteroatoms. The molecular weight excluding hydrogens is 740 g/mol. The van der Waals surface area contributed by atoms with E-state index < -0.39 is 103 Å². The molecule has 4 rings (SSSR count). The number of carbonyl (C=O) groups is 6. The first-order chi connectivity index (χ1) is 26.6. The summed E-state index contributed by atoms with van der Waals surface area (Å²) in [5, 5.41) is 10.9. The zero-order valence-corrected chi connectivity index (χ0v) is 32.2. The van der Waals surface area contributed by atoms with Gasteiger partial charge < -0.3 is 52.5 Å². The summed E-state index contributed by atoms with van der Waals surface area (Å²) in [6.45, 7) is 9.29. The Morgan fingerprint density at radius 2 is 1.43 bits per heavy atom. The van der Waals surface area contributed by atoms with Crippen LogP contribution in [0.2, 0.25) is 0 Å². The van der Waals surface area contributed by atoms with Crippen LogP contribution in [-0.4, -0.2) is 110 Å². The van der Waals surface area contributed by atoms with Gasteiger partial charge in [0.05, 0.1) is 37.3 Å². The topological polar surface area (TPSA) is 215 Å². The minimum atomic E-state index is -1.57. The molecule has 2 fully saturated rings. The number of aliphatic hydroxyl groups is 1. The Morgan fingerprint density at radius 3 is 2.02 bits per heavy atom. The Balaban J connectivity index is 1.58. The van der Waals surface area contributed by atoms with Crippen LogP contribution in [0.3, 0.4) is 0 Å². The Hall–Kier alpha value is -4.84. The Labute approximate surface area is 324 Å². The molecule has 17 nitrogen and oxygen atoms in total. The first-order valence-electron chi connectivity index (χ1n) is 18.2. The van der Waals surface area contributed by atoms with Gasteiger partial charge in [-0.05, 0) is 49.8 Å². The number of aryl methyl sites for hydroxylation is 1. The molecule has 1 aromatic carbocycles. The molecule has 3 heterocycles. The van der Waals surface area contributed by atoms with Gasteiger partial charge in [0.2, 0.25) is 12.6 Å². The maximum atomic E-state index is 13.1. The molecular formula is C39H50O17. The summed E-state index contributed by atoms with van der Waals surface area (Å²) in [5.74, 6) is -5.28. The average molecular weight is 791 g/mol. The molecule has 0 radical (unpaired) electrons. The minimum Gasteiger partial charge on any atom is -0.471 e. The molecule has 56 heavy (non-hydrogen) atoms. The normalized spacial score (nSPS) is 30.0. The van der Waals surface area contributed by atoms with Crippen molar-refractivity contribution in [1.82, 2.24) is 0 Å². The number of esters is 6. The predicted octanol–water partition coefficient (Wildman–Crippen LogP) is 2.77. The van der Waals surface area contributed by atoms with E-state index in [1.807, 2.05) is 12.1 Å². The van der Waals surface area contributed by atoms with Gasteiger partial charge in [0, 0.05) is 46.5 Å². The van der Waals surface area contributed by atoms with Crippen LogP contribution in [0.25, 0.3) is 0 Å². The van der Waals surface area contributed by atoms with E-state index in [0.29, 0.717) is 25.0 Å². The van der Waals surface area contributed by atoms with E-state index in [4.69, 9.17) is 47.4 Å². The first-order valence-corrected chi connectivity index (χ1v) is 18.2. The molecule has 308 valence electrons. The lowest BCUT2D eigenvalue weighted by atomic mass is 9.78. The Morgan fingerprint density at radius 1 is 0.804 bits per heavy atom. The third-order valence-electron chi connectivity index (χ3n) is 9.33. The SMILES string of the molecule is C=C[C@H]1[C@H](O[C@@H]2O[C@H](COC(C)=O)[C@@H](OC(C)=O)[C@H](OC(C)=O)[C@H]2OC(C)=O)OC=C(C(=O)OC)[C@H]1C[C@@H]1C[C@H](O)C[C@H](CCc2ccc(OC(C)=O)cc2)O1. The van der Waals surface area contributed by atoms with Gasteiger partial charge in [-0.2, -0.15) is 0 Å². The van der Waals surface area contributed by atoms with Crippen molar-refractivity contribution in [3.05, 3.63) is 54.3 Å². The maximum Gasteiger partial charge on any atom is 0.337 e. The number of hydrogen-bond acceptors (Lipinski definition) is 17. The predicted molar refractivity (Wildman–Crippen MR) is 190 cm³/mol. The van der Waals surface area contributed by atoms with E-state index in [2.05, 4.69) is 6.58 Å². The van der Waals surface area contributed by atoms with Crippen molar-refractivity contribution in [3.8, 4) is 5.75 Å². The zero-order valence-electron chi connectivity index (χ0n) is 32.2. The summed E-state index contributed by atoms with van der Waals surface area (Å²) < 4.78 is 56.6. The summed E-state index contributed by atoms with van der Waals surface area (Å²) in [7, 11) is 1.22. The van der Waals surface area contributed by atoms with Gasteiger partial charge in [-0.1, -0.05) is 18.2 Å². The van der Waals surface area contributed by atoms with Crippen LogP contribution in [0.15, 0.2) is 48.8 Å². The van der Waals surface area contributed by atoms with E-state index in [0.717, 1.165) is 33.3 Å². The lowest BCUT2D eigenvalue weighted by molar-refractivity contribution is -0.342. The second-order valence-electron chi connectivity index (χ2n) is 13.7. The zero-order chi connectivity index (χ0) is 41.1. The van der Waals surface area contributed by atoms with Gasteiger partial charge >= 0.3 is 35.8 Å². The van der Waals surface area contributed by atoms with Crippen LogP contribution in [0.4, 0.5) is 0 Å². The van der Waals surface area contributed by atoms with Gasteiger partial charge in [-0.3, -0.25) is 24.0 Å². The van der Waals surface area contributed by atoms with E-state index in [1.54, 1.807) is 12.1 Å². The third-order valence-corrected chi connectivity index (χ3v) is 9.33. The highest BCUT2D eigenvalue weighted by Crippen LogP contribution is 2.41. The molecule has 2 saturated heterocycles. The van der Waals surface area contributed by atoms with E-state index in [-0.39, 0.29) is 24.5 Å². The summed E-state index contributed by atoms with van der Waals surface area (Å²) in [4.78, 5) is 72.9. The van der Waals surface area contributed by atoms with E-state index in [9.17, 15) is 33.9 Å². The molecule has 11 atom stereocenters. The monoisotopic (exact) mass is 790 g/mol. The molecule has 1 N–H and O–H groups in total. The number of methoxy groups -OCH3 is 1. The van der Waals surface area contributed by atoms with Crippen molar-refractivity contribution in [2.75, 3.05) is 13.7 Å². The minimum absolute atomic E-state index is 0.145. The third kappa shape index (κ3) is 12.3. The number of ether oxygens (including phenoxy) is 10. The fourth-order valence-electron chi connectivity index (χ4n) is 7.07. The molecule has 3 aliphatic rings. The molecule has 3 aliphatic heterocycles. The summed E-state index contributed by atoms with van der Waals surface area (Å²) >= 11 is 0. The highest BCUT2D eigenvalue weighted by molar-refractivity contribution is 5.89. The lowest BCUT2D eigenvalue weighted by Gasteiger charge is -2.46. The second kappa shape index (κ2) is 20.4. The van der Waals surface area contributed by atoms with Gasteiger partial charge in [-0.15, -0.1) is 6.58 Å². The summed E-state index contributed by atoms with van der Waals surface area (Å²) in [6.07, 6.45) is -5.31. The van der Waals surface area contributed by atoms with Crippen LogP contribution in [0.5, 0.6) is 5.75 Å². The molecule has 0 saturated carbocycles. The van der Waals surface area contributed by atoms with Crippen LogP contribution in [-0.2, 0) is 77.8 Å². The average Bonchev–Trinajstić information content (AvgIpc) is 3.11.